The quantitative estimate of drug-likeness (QED) is 0.108. The highest BCUT2D eigenvalue weighted by atomic mass is 16.6. The molecule has 0 spiro atoms. The Kier molecular flexibility index (Phi) is 30.5. The number of ether oxygens (including phenoxy) is 10. The maximum Gasteiger partial charge on any atom is 0.107 e. The third-order valence-corrected chi connectivity index (χ3v) is 3.72. The molecule has 0 atom stereocenters. The van der Waals surface area contributed by atoms with Gasteiger partial charge in [-0.15, -0.1) is 12.8 Å². The second-order valence-corrected chi connectivity index (χ2v) is 6.41. The van der Waals surface area contributed by atoms with Crippen molar-refractivity contribution in [1.29, 1.82) is 0 Å². The van der Waals surface area contributed by atoms with E-state index in [1.807, 2.05) is 0 Å². The second kappa shape index (κ2) is 31.7. The van der Waals surface area contributed by atoms with Crippen molar-refractivity contribution >= 4 is 0 Å². The molecule has 10 heteroatoms. The lowest BCUT2D eigenvalue weighted by Crippen LogP contribution is -2.15. The van der Waals surface area contributed by atoms with Crippen LogP contribution in [-0.2, 0) is 47.4 Å². The Hall–Kier alpha value is -1.28. The van der Waals surface area contributed by atoms with Crippen LogP contribution >= 0.6 is 0 Å². The molecule has 0 amide bonds. The van der Waals surface area contributed by atoms with Crippen LogP contribution in [0.5, 0.6) is 0 Å². The largest absolute Gasteiger partial charge is 0.377 e. The number of hydrogen-bond donors (Lipinski definition) is 0. The van der Waals surface area contributed by atoms with Crippen LogP contribution < -0.4 is 0 Å². The highest BCUT2D eigenvalue weighted by molar-refractivity contribution is 4.83. The van der Waals surface area contributed by atoms with E-state index in [-0.39, 0.29) is 0 Å². The van der Waals surface area contributed by atoms with Gasteiger partial charge in [-0.25, -0.2) is 0 Å². The first-order valence-corrected chi connectivity index (χ1v) is 11.6. The molecule has 0 aromatic heterocycles. The van der Waals surface area contributed by atoms with Crippen LogP contribution in [-0.4, -0.2) is 132 Å². The first-order chi connectivity index (χ1) is 16.9. The fourth-order valence-corrected chi connectivity index (χ4v) is 2.14. The van der Waals surface area contributed by atoms with Crippen LogP contribution in [0, 0.1) is 24.7 Å². The molecule has 0 radical (unpaired) electrons. The van der Waals surface area contributed by atoms with E-state index >= 15 is 0 Å². The molecule has 0 aliphatic heterocycles. The molecule has 0 heterocycles. The first-order valence-electron chi connectivity index (χ1n) is 11.6. The summed E-state index contributed by atoms with van der Waals surface area (Å²) in [6, 6.07) is 0. The van der Waals surface area contributed by atoms with E-state index in [2.05, 4.69) is 11.8 Å². The summed E-state index contributed by atoms with van der Waals surface area (Å²) in [4.78, 5) is 0. The van der Waals surface area contributed by atoms with E-state index in [4.69, 9.17) is 60.2 Å². The minimum Gasteiger partial charge on any atom is -0.377 e. The maximum atomic E-state index is 5.43. The van der Waals surface area contributed by atoms with Crippen LogP contribution in [0.2, 0.25) is 0 Å². The van der Waals surface area contributed by atoms with Gasteiger partial charge in [0.25, 0.3) is 0 Å². The maximum absolute atomic E-state index is 5.43. The molecule has 0 saturated carbocycles. The number of hydrogen-bond acceptors (Lipinski definition) is 10. The molecule has 0 bridgehead atoms. The predicted molar refractivity (Wildman–Crippen MR) is 126 cm³/mol. The van der Waals surface area contributed by atoms with Gasteiger partial charge in [0.05, 0.1) is 119 Å². The SMILES string of the molecule is C#CCOCCOCCOCCOCCOCCOCCOCCOCCOCCOCC#C. The Bertz CT molecular complexity index is 422. The zero-order chi connectivity index (χ0) is 24.6. The molecule has 0 fully saturated rings. The predicted octanol–water partition coefficient (Wildman–Crippen LogP) is 0.419. The standard InChI is InChI=1S/C24H42O10/c1-3-5-25-7-9-27-11-13-29-15-17-31-19-21-33-23-24-34-22-20-32-18-16-30-14-12-28-10-8-26-6-4-2/h1-2H,5-24H2. The summed E-state index contributed by atoms with van der Waals surface area (Å²) >= 11 is 0. The van der Waals surface area contributed by atoms with Gasteiger partial charge in [0.1, 0.15) is 13.2 Å². The van der Waals surface area contributed by atoms with Gasteiger partial charge < -0.3 is 47.4 Å². The van der Waals surface area contributed by atoms with Gasteiger partial charge in [0, 0.05) is 0 Å². The Labute approximate surface area is 204 Å². The average molecular weight is 491 g/mol. The summed E-state index contributed by atoms with van der Waals surface area (Å²) in [6.07, 6.45) is 10.1. The van der Waals surface area contributed by atoms with E-state index in [9.17, 15) is 0 Å². The summed E-state index contributed by atoms with van der Waals surface area (Å²) in [5.74, 6) is 4.78. The molecule has 0 N–H and O–H groups in total. The molecule has 198 valence electrons. The minimum absolute atomic E-state index is 0.310. The molecular formula is C24H42O10. The van der Waals surface area contributed by atoms with Crippen molar-refractivity contribution in [2.45, 2.75) is 0 Å². The molecule has 0 rings (SSSR count). The van der Waals surface area contributed by atoms with Crippen molar-refractivity contribution in [1.82, 2.24) is 0 Å². The lowest BCUT2D eigenvalue weighted by Gasteiger charge is -2.08. The highest BCUT2D eigenvalue weighted by Gasteiger charge is 1.95. The number of rotatable bonds is 29. The first kappa shape index (κ1) is 32.7. The molecule has 0 aliphatic rings. The van der Waals surface area contributed by atoms with Crippen LogP contribution in [0.15, 0.2) is 0 Å². The van der Waals surface area contributed by atoms with Gasteiger partial charge >= 0.3 is 0 Å². The van der Waals surface area contributed by atoms with Crippen LogP contribution in [0.1, 0.15) is 0 Å². The van der Waals surface area contributed by atoms with Crippen LogP contribution in [0.3, 0.4) is 0 Å². The molecule has 10 nitrogen and oxygen atoms in total. The minimum atomic E-state index is 0.310. The van der Waals surface area contributed by atoms with Gasteiger partial charge in [-0.3, -0.25) is 0 Å². The molecular weight excluding hydrogens is 448 g/mol. The van der Waals surface area contributed by atoms with E-state index < -0.39 is 0 Å². The van der Waals surface area contributed by atoms with Crippen molar-refractivity contribution in [3.05, 3.63) is 0 Å². The van der Waals surface area contributed by atoms with Crippen LogP contribution in [0.25, 0.3) is 0 Å². The Balaban J connectivity index is 3.01. The van der Waals surface area contributed by atoms with Crippen molar-refractivity contribution in [2.75, 3.05) is 132 Å². The zero-order valence-corrected chi connectivity index (χ0v) is 20.4. The number of terminal acetylenes is 2. The lowest BCUT2D eigenvalue weighted by atomic mass is 10.6. The Morgan fingerprint density at radius 3 is 0.559 bits per heavy atom. The van der Waals surface area contributed by atoms with Crippen molar-refractivity contribution in [2.24, 2.45) is 0 Å². The van der Waals surface area contributed by atoms with Crippen molar-refractivity contribution < 1.29 is 47.4 Å². The average Bonchev–Trinajstić information content (AvgIpc) is 2.85. The second-order valence-electron chi connectivity index (χ2n) is 6.41. The summed E-state index contributed by atoms with van der Waals surface area (Å²) in [7, 11) is 0. The third kappa shape index (κ3) is 30.7. The normalized spacial score (nSPS) is 10.9. The molecule has 34 heavy (non-hydrogen) atoms. The zero-order valence-electron chi connectivity index (χ0n) is 20.4. The lowest BCUT2D eigenvalue weighted by molar-refractivity contribution is -0.0257. The third-order valence-electron chi connectivity index (χ3n) is 3.72. The van der Waals surface area contributed by atoms with Gasteiger partial charge in [0.2, 0.25) is 0 Å². The molecule has 0 aliphatic carbocycles. The van der Waals surface area contributed by atoms with Gasteiger partial charge in [0.15, 0.2) is 0 Å². The van der Waals surface area contributed by atoms with Gasteiger partial charge in [-0.05, 0) is 0 Å². The Morgan fingerprint density at radius 1 is 0.265 bits per heavy atom. The summed E-state index contributed by atoms with van der Waals surface area (Å²) < 4.78 is 53.3. The smallest absolute Gasteiger partial charge is 0.107 e. The van der Waals surface area contributed by atoms with E-state index in [1.54, 1.807) is 0 Å². The van der Waals surface area contributed by atoms with E-state index in [0.29, 0.717) is 132 Å². The monoisotopic (exact) mass is 490 g/mol. The van der Waals surface area contributed by atoms with E-state index in [0.717, 1.165) is 0 Å². The topological polar surface area (TPSA) is 92.3 Å². The molecule has 0 aromatic rings. The molecule has 0 aromatic carbocycles. The van der Waals surface area contributed by atoms with Crippen molar-refractivity contribution in [3.63, 3.8) is 0 Å². The summed E-state index contributed by atoms with van der Waals surface area (Å²) in [5.41, 5.74) is 0. The van der Waals surface area contributed by atoms with Gasteiger partial charge in [-0.1, -0.05) is 11.8 Å². The van der Waals surface area contributed by atoms with Crippen molar-refractivity contribution in [3.8, 4) is 24.7 Å². The van der Waals surface area contributed by atoms with Crippen LogP contribution in [0.4, 0.5) is 0 Å². The molecule has 0 unspecified atom stereocenters. The molecule has 0 saturated heterocycles. The fraction of sp³-hybridized carbons (Fsp3) is 0.833. The highest BCUT2D eigenvalue weighted by Crippen LogP contribution is 1.86. The van der Waals surface area contributed by atoms with E-state index in [1.165, 1.54) is 0 Å². The Morgan fingerprint density at radius 2 is 0.412 bits per heavy atom. The van der Waals surface area contributed by atoms with Gasteiger partial charge in [-0.2, -0.15) is 0 Å². The fourth-order valence-electron chi connectivity index (χ4n) is 2.14. The summed E-state index contributed by atoms with van der Waals surface area (Å²) in [6.45, 7) is 9.83. The summed E-state index contributed by atoms with van der Waals surface area (Å²) in [5, 5.41) is 0.